The van der Waals surface area contributed by atoms with Crippen LogP contribution in [-0.4, -0.2) is 0 Å². The Kier molecular flexibility index (Phi) is 3.73. The summed E-state index contributed by atoms with van der Waals surface area (Å²) >= 11 is 5.99. The number of furan rings is 1. The number of hydrogen-bond donors (Lipinski definition) is 1. The fraction of sp³-hybridized carbons (Fsp3) is 0.286. The molecule has 1 atom stereocenters. The summed E-state index contributed by atoms with van der Waals surface area (Å²) in [5.74, 6) is 1.25. The van der Waals surface area contributed by atoms with E-state index in [1.165, 1.54) is 6.07 Å². The zero-order valence-electron chi connectivity index (χ0n) is 10.3. The minimum absolute atomic E-state index is 0.322. The Morgan fingerprint density at radius 1 is 1.39 bits per heavy atom. The average molecular weight is 268 g/mol. The zero-order chi connectivity index (χ0) is 13.3. The molecule has 0 spiro atoms. The molecule has 0 saturated carbocycles. The van der Waals surface area contributed by atoms with Crippen LogP contribution in [0.1, 0.15) is 28.7 Å². The number of aryl methyl sites for hydroxylation is 2. The number of nitrogens with two attached hydrogens (primary N) is 1. The molecule has 4 heteroatoms. The van der Waals surface area contributed by atoms with Gasteiger partial charge in [-0.05, 0) is 38.5 Å². The maximum Gasteiger partial charge on any atom is 0.127 e. The first kappa shape index (κ1) is 13.1. The highest BCUT2D eigenvalue weighted by Gasteiger charge is 2.17. The standard InChI is InChI=1S/C14H15ClFNO/c1-8-6-10(9(2)18-8)14(17)7-11-12(15)4-3-5-13(11)16/h3-6,14H,7,17H2,1-2H3. The minimum atomic E-state index is -0.323. The summed E-state index contributed by atoms with van der Waals surface area (Å²) in [7, 11) is 0. The van der Waals surface area contributed by atoms with Crippen molar-refractivity contribution >= 4 is 11.6 Å². The van der Waals surface area contributed by atoms with E-state index < -0.39 is 0 Å². The number of halogens is 2. The molecule has 2 aromatic rings. The predicted molar refractivity (Wildman–Crippen MR) is 70.2 cm³/mol. The van der Waals surface area contributed by atoms with Crippen LogP contribution in [0.4, 0.5) is 4.39 Å². The summed E-state index contributed by atoms with van der Waals surface area (Å²) in [6.45, 7) is 3.71. The maximum atomic E-state index is 13.7. The highest BCUT2D eigenvalue weighted by Crippen LogP contribution is 2.27. The van der Waals surface area contributed by atoms with Gasteiger partial charge in [0.05, 0.1) is 0 Å². The summed E-state index contributed by atoms with van der Waals surface area (Å²) in [5, 5.41) is 0.406. The highest BCUT2D eigenvalue weighted by molar-refractivity contribution is 6.31. The van der Waals surface area contributed by atoms with Crippen molar-refractivity contribution in [3.63, 3.8) is 0 Å². The van der Waals surface area contributed by atoms with E-state index in [0.29, 0.717) is 17.0 Å². The molecule has 2 N–H and O–H groups in total. The van der Waals surface area contributed by atoms with Gasteiger partial charge in [0, 0.05) is 22.2 Å². The van der Waals surface area contributed by atoms with Crippen molar-refractivity contribution in [3.05, 3.63) is 57.8 Å². The van der Waals surface area contributed by atoms with Gasteiger partial charge in [-0.15, -0.1) is 0 Å². The van der Waals surface area contributed by atoms with Gasteiger partial charge >= 0.3 is 0 Å². The molecular weight excluding hydrogens is 253 g/mol. The molecule has 1 unspecified atom stereocenters. The third kappa shape index (κ3) is 2.57. The van der Waals surface area contributed by atoms with Gasteiger partial charge in [0.1, 0.15) is 17.3 Å². The fourth-order valence-corrected chi connectivity index (χ4v) is 2.32. The Morgan fingerprint density at radius 2 is 2.11 bits per heavy atom. The molecule has 0 aliphatic carbocycles. The van der Waals surface area contributed by atoms with E-state index >= 15 is 0 Å². The summed E-state index contributed by atoms with van der Waals surface area (Å²) < 4.78 is 19.1. The lowest BCUT2D eigenvalue weighted by molar-refractivity contribution is 0.496. The second-order valence-corrected chi connectivity index (χ2v) is 4.79. The van der Waals surface area contributed by atoms with Gasteiger partial charge in [0.2, 0.25) is 0 Å². The molecule has 0 saturated heterocycles. The van der Waals surface area contributed by atoms with E-state index in [0.717, 1.165) is 17.1 Å². The van der Waals surface area contributed by atoms with Crippen molar-refractivity contribution < 1.29 is 8.81 Å². The molecular formula is C14H15ClFNO. The van der Waals surface area contributed by atoms with Gasteiger partial charge in [-0.2, -0.15) is 0 Å². The van der Waals surface area contributed by atoms with E-state index in [-0.39, 0.29) is 11.9 Å². The van der Waals surface area contributed by atoms with Crippen LogP contribution in [0.3, 0.4) is 0 Å². The average Bonchev–Trinajstić information content (AvgIpc) is 2.63. The lowest BCUT2D eigenvalue weighted by atomic mass is 9.99. The normalized spacial score (nSPS) is 12.7. The van der Waals surface area contributed by atoms with Crippen molar-refractivity contribution in [2.75, 3.05) is 0 Å². The van der Waals surface area contributed by atoms with E-state index in [1.807, 2.05) is 19.9 Å². The highest BCUT2D eigenvalue weighted by atomic mass is 35.5. The first-order chi connectivity index (χ1) is 8.49. The third-order valence-electron chi connectivity index (χ3n) is 2.96. The molecule has 18 heavy (non-hydrogen) atoms. The van der Waals surface area contributed by atoms with Crippen molar-refractivity contribution in [2.45, 2.75) is 26.3 Å². The van der Waals surface area contributed by atoms with Crippen LogP contribution >= 0.6 is 11.6 Å². The first-order valence-corrected chi connectivity index (χ1v) is 6.12. The van der Waals surface area contributed by atoms with Crippen LogP contribution in [0.15, 0.2) is 28.7 Å². The predicted octanol–water partition coefficient (Wildman–Crippen LogP) is 3.93. The topological polar surface area (TPSA) is 39.2 Å². The van der Waals surface area contributed by atoms with E-state index in [4.69, 9.17) is 21.8 Å². The third-order valence-corrected chi connectivity index (χ3v) is 3.32. The minimum Gasteiger partial charge on any atom is -0.466 e. The Hall–Kier alpha value is -1.32. The molecule has 1 aromatic heterocycles. The largest absolute Gasteiger partial charge is 0.466 e. The van der Waals surface area contributed by atoms with Crippen LogP contribution in [0.5, 0.6) is 0 Å². The van der Waals surface area contributed by atoms with Crippen LogP contribution in [0.2, 0.25) is 5.02 Å². The van der Waals surface area contributed by atoms with Crippen LogP contribution in [0.25, 0.3) is 0 Å². The molecule has 0 bridgehead atoms. The Bertz CT molecular complexity index is 545. The van der Waals surface area contributed by atoms with Crippen LogP contribution < -0.4 is 5.73 Å². The Balaban J connectivity index is 2.26. The summed E-state index contributed by atoms with van der Waals surface area (Å²) in [6, 6.07) is 6.20. The molecule has 1 heterocycles. The van der Waals surface area contributed by atoms with Crippen LogP contribution in [0, 0.1) is 19.7 Å². The number of rotatable bonds is 3. The molecule has 1 aromatic carbocycles. The maximum absolute atomic E-state index is 13.7. The fourth-order valence-electron chi connectivity index (χ4n) is 2.08. The van der Waals surface area contributed by atoms with E-state index in [9.17, 15) is 4.39 Å². The molecule has 0 radical (unpaired) electrons. The Morgan fingerprint density at radius 3 is 2.67 bits per heavy atom. The van der Waals surface area contributed by atoms with Crippen molar-refractivity contribution in [3.8, 4) is 0 Å². The van der Waals surface area contributed by atoms with Gasteiger partial charge < -0.3 is 10.2 Å². The zero-order valence-corrected chi connectivity index (χ0v) is 11.1. The molecule has 0 amide bonds. The second-order valence-electron chi connectivity index (χ2n) is 4.38. The number of hydrogen-bond acceptors (Lipinski definition) is 2. The molecule has 2 nitrogen and oxygen atoms in total. The lowest BCUT2D eigenvalue weighted by Crippen LogP contribution is -2.14. The molecule has 2 rings (SSSR count). The van der Waals surface area contributed by atoms with E-state index in [2.05, 4.69) is 0 Å². The van der Waals surface area contributed by atoms with Gasteiger partial charge in [0.25, 0.3) is 0 Å². The summed E-state index contributed by atoms with van der Waals surface area (Å²) in [5.41, 5.74) is 7.44. The van der Waals surface area contributed by atoms with Gasteiger partial charge in [-0.25, -0.2) is 4.39 Å². The van der Waals surface area contributed by atoms with Gasteiger partial charge in [0.15, 0.2) is 0 Å². The lowest BCUT2D eigenvalue weighted by Gasteiger charge is -2.12. The molecule has 96 valence electrons. The molecule has 0 fully saturated rings. The second kappa shape index (κ2) is 5.12. The van der Waals surface area contributed by atoms with Crippen molar-refractivity contribution in [1.29, 1.82) is 0 Å². The quantitative estimate of drug-likeness (QED) is 0.915. The SMILES string of the molecule is Cc1cc(C(N)Cc2c(F)cccc2Cl)c(C)o1. The summed E-state index contributed by atoms with van der Waals surface area (Å²) in [6.07, 6.45) is 0.352. The molecule has 0 aliphatic heterocycles. The smallest absolute Gasteiger partial charge is 0.127 e. The monoisotopic (exact) mass is 267 g/mol. The van der Waals surface area contributed by atoms with Crippen LogP contribution in [-0.2, 0) is 6.42 Å². The van der Waals surface area contributed by atoms with Crippen molar-refractivity contribution in [1.82, 2.24) is 0 Å². The van der Waals surface area contributed by atoms with E-state index in [1.54, 1.807) is 12.1 Å². The number of benzene rings is 1. The summed E-state index contributed by atoms with van der Waals surface area (Å²) in [4.78, 5) is 0. The van der Waals surface area contributed by atoms with Gasteiger partial charge in [-0.1, -0.05) is 17.7 Å². The van der Waals surface area contributed by atoms with Gasteiger partial charge in [-0.3, -0.25) is 0 Å². The first-order valence-electron chi connectivity index (χ1n) is 5.74. The van der Waals surface area contributed by atoms with Crippen molar-refractivity contribution in [2.24, 2.45) is 5.73 Å². The Labute approximate surface area is 111 Å². The molecule has 0 aliphatic rings.